The number of benzene rings is 1. The van der Waals surface area contributed by atoms with Crippen molar-refractivity contribution in [2.24, 2.45) is 0 Å². The summed E-state index contributed by atoms with van der Waals surface area (Å²) in [6.07, 6.45) is 2.96. The van der Waals surface area contributed by atoms with Crippen molar-refractivity contribution < 1.29 is 18.7 Å². The Balaban J connectivity index is 2.10. The molecule has 0 bridgehead atoms. The maximum atomic E-state index is 13.9. The zero-order valence-corrected chi connectivity index (χ0v) is 11.6. The van der Waals surface area contributed by atoms with Crippen LogP contribution in [0.4, 0.5) is 10.1 Å². The molecule has 6 nitrogen and oxygen atoms in total. The van der Waals surface area contributed by atoms with Crippen molar-refractivity contribution >= 4 is 22.7 Å². The van der Waals surface area contributed by atoms with Crippen molar-refractivity contribution in [1.29, 1.82) is 0 Å². The van der Waals surface area contributed by atoms with Gasteiger partial charge in [-0.05, 0) is 18.2 Å². The molecule has 7 heteroatoms. The van der Waals surface area contributed by atoms with Gasteiger partial charge in [0.05, 0.1) is 18.1 Å². The molecule has 0 radical (unpaired) electrons. The zero-order valence-electron chi connectivity index (χ0n) is 11.6. The molecular weight excluding hydrogens is 289 g/mol. The summed E-state index contributed by atoms with van der Waals surface area (Å²) < 4.78 is 24.2. The van der Waals surface area contributed by atoms with Crippen molar-refractivity contribution in [2.45, 2.75) is 0 Å². The number of hydrogen-bond acceptors (Lipinski definition) is 5. The minimum Gasteiger partial charge on any atom is -0.465 e. The summed E-state index contributed by atoms with van der Waals surface area (Å²) in [5.41, 5.74) is 6.50. The van der Waals surface area contributed by atoms with Gasteiger partial charge in [0.15, 0.2) is 11.6 Å². The van der Waals surface area contributed by atoms with Crippen LogP contribution in [0.25, 0.3) is 11.0 Å². The number of ether oxygens (including phenoxy) is 2. The Hall–Kier alpha value is -3.09. The first-order valence-electron chi connectivity index (χ1n) is 6.37. The molecule has 2 heterocycles. The number of esters is 1. The summed E-state index contributed by atoms with van der Waals surface area (Å²) in [6.45, 7) is 0. The third-order valence-electron chi connectivity index (χ3n) is 3.12. The Bertz CT molecular complexity index is 860. The van der Waals surface area contributed by atoms with Crippen LogP contribution in [0.1, 0.15) is 10.4 Å². The van der Waals surface area contributed by atoms with Crippen molar-refractivity contribution in [2.75, 3.05) is 12.8 Å². The SMILES string of the molecule is COC(=O)c1c[nH]c2nccc(Oc3ccc(N)cc3F)c12. The van der Waals surface area contributed by atoms with Crippen LogP contribution in [0.2, 0.25) is 0 Å². The van der Waals surface area contributed by atoms with Gasteiger partial charge in [0.2, 0.25) is 0 Å². The van der Waals surface area contributed by atoms with E-state index < -0.39 is 11.8 Å². The molecule has 0 aliphatic rings. The lowest BCUT2D eigenvalue weighted by molar-refractivity contribution is 0.0603. The minimum atomic E-state index is -0.597. The van der Waals surface area contributed by atoms with Crippen LogP contribution in [-0.4, -0.2) is 23.0 Å². The second-order valence-corrected chi connectivity index (χ2v) is 4.52. The van der Waals surface area contributed by atoms with Crippen LogP contribution in [-0.2, 0) is 4.74 Å². The van der Waals surface area contributed by atoms with Gasteiger partial charge in [0.1, 0.15) is 11.4 Å². The average Bonchev–Trinajstić information content (AvgIpc) is 2.94. The lowest BCUT2D eigenvalue weighted by atomic mass is 10.2. The molecule has 3 N–H and O–H groups in total. The van der Waals surface area contributed by atoms with E-state index in [0.29, 0.717) is 16.7 Å². The maximum absolute atomic E-state index is 13.9. The summed E-state index contributed by atoms with van der Waals surface area (Å²) in [5, 5.41) is 0.422. The van der Waals surface area contributed by atoms with Crippen LogP contribution in [0.15, 0.2) is 36.7 Å². The van der Waals surface area contributed by atoms with E-state index in [4.69, 9.17) is 15.2 Å². The first-order chi connectivity index (χ1) is 10.6. The fourth-order valence-corrected chi connectivity index (χ4v) is 2.10. The number of carbonyl (C=O) groups is 1. The molecule has 0 unspecified atom stereocenters. The smallest absolute Gasteiger partial charge is 0.340 e. The molecule has 1 aromatic carbocycles. The molecule has 0 amide bonds. The number of halogens is 1. The number of hydrogen-bond donors (Lipinski definition) is 2. The number of aromatic amines is 1. The third-order valence-corrected chi connectivity index (χ3v) is 3.12. The zero-order chi connectivity index (χ0) is 15.7. The van der Waals surface area contributed by atoms with Crippen LogP contribution in [0, 0.1) is 5.82 Å². The summed E-state index contributed by atoms with van der Waals surface area (Å²) in [6, 6.07) is 5.64. The Morgan fingerprint density at radius 2 is 2.14 bits per heavy atom. The van der Waals surface area contributed by atoms with Crippen LogP contribution in [0.5, 0.6) is 11.5 Å². The van der Waals surface area contributed by atoms with Crippen molar-refractivity contribution in [3.63, 3.8) is 0 Å². The lowest BCUT2D eigenvalue weighted by Gasteiger charge is -2.09. The van der Waals surface area contributed by atoms with E-state index in [-0.39, 0.29) is 17.1 Å². The third kappa shape index (κ3) is 2.32. The Morgan fingerprint density at radius 1 is 1.32 bits per heavy atom. The van der Waals surface area contributed by atoms with E-state index >= 15 is 0 Å². The summed E-state index contributed by atoms with van der Waals surface area (Å²) >= 11 is 0. The number of carbonyl (C=O) groups excluding carboxylic acids is 1. The molecular formula is C15H12FN3O3. The van der Waals surface area contributed by atoms with E-state index in [1.54, 1.807) is 6.07 Å². The number of pyridine rings is 1. The van der Waals surface area contributed by atoms with E-state index in [0.717, 1.165) is 6.07 Å². The molecule has 0 spiro atoms. The van der Waals surface area contributed by atoms with E-state index in [9.17, 15) is 9.18 Å². The lowest BCUT2D eigenvalue weighted by Crippen LogP contribution is -2.00. The standard InChI is InChI=1S/C15H12FN3O3/c1-21-15(20)9-7-19-14-13(9)12(4-5-18-14)22-11-3-2-8(17)6-10(11)16/h2-7H,17H2,1H3,(H,18,19). The van der Waals surface area contributed by atoms with Crippen LogP contribution >= 0.6 is 0 Å². The van der Waals surface area contributed by atoms with Gasteiger partial charge in [-0.3, -0.25) is 0 Å². The van der Waals surface area contributed by atoms with Gasteiger partial charge in [-0.15, -0.1) is 0 Å². The number of fused-ring (bicyclic) bond motifs is 1. The molecule has 112 valence electrons. The summed E-state index contributed by atoms with van der Waals surface area (Å²) in [7, 11) is 1.28. The number of aromatic nitrogens is 2. The van der Waals surface area contributed by atoms with Crippen LogP contribution in [0.3, 0.4) is 0 Å². The first kappa shape index (κ1) is 13.9. The van der Waals surface area contributed by atoms with E-state index in [1.807, 2.05) is 0 Å². The van der Waals surface area contributed by atoms with Gasteiger partial charge in [-0.2, -0.15) is 0 Å². The Kier molecular flexibility index (Phi) is 3.38. The quantitative estimate of drug-likeness (QED) is 0.573. The minimum absolute atomic E-state index is 0.00119. The summed E-state index contributed by atoms with van der Waals surface area (Å²) in [4.78, 5) is 18.7. The fourth-order valence-electron chi connectivity index (χ4n) is 2.10. The number of methoxy groups -OCH3 is 1. The predicted molar refractivity (Wildman–Crippen MR) is 78.3 cm³/mol. The highest BCUT2D eigenvalue weighted by Crippen LogP contribution is 2.33. The number of rotatable bonds is 3. The number of nitrogens with one attached hydrogen (secondary N) is 1. The Labute approximate surface area is 124 Å². The highest BCUT2D eigenvalue weighted by molar-refractivity contribution is 6.05. The number of nitrogen functional groups attached to an aromatic ring is 1. The number of nitrogens with zero attached hydrogens (tertiary/aromatic N) is 1. The fraction of sp³-hybridized carbons (Fsp3) is 0.0667. The molecule has 0 aliphatic carbocycles. The molecule has 0 atom stereocenters. The van der Waals surface area contributed by atoms with E-state index in [1.165, 1.54) is 31.6 Å². The molecule has 0 fully saturated rings. The van der Waals surface area contributed by atoms with E-state index in [2.05, 4.69) is 9.97 Å². The van der Waals surface area contributed by atoms with Gasteiger partial charge in [0, 0.05) is 24.1 Å². The van der Waals surface area contributed by atoms with Gasteiger partial charge in [0.25, 0.3) is 0 Å². The number of anilines is 1. The van der Waals surface area contributed by atoms with Crippen molar-refractivity contribution in [1.82, 2.24) is 9.97 Å². The van der Waals surface area contributed by atoms with Gasteiger partial charge >= 0.3 is 5.97 Å². The topological polar surface area (TPSA) is 90.2 Å². The van der Waals surface area contributed by atoms with Crippen LogP contribution < -0.4 is 10.5 Å². The average molecular weight is 301 g/mol. The predicted octanol–water partition coefficient (Wildman–Crippen LogP) is 2.86. The molecule has 3 rings (SSSR count). The monoisotopic (exact) mass is 301 g/mol. The van der Waals surface area contributed by atoms with Gasteiger partial charge < -0.3 is 20.2 Å². The molecule has 0 aliphatic heterocycles. The second-order valence-electron chi connectivity index (χ2n) is 4.52. The largest absolute Gasteiger partial charge is 0.465 e. The molecule has 3 aromatic rings. The normalized spacial score (nSPS) is 10.6. The van der Waals surface area contributed by atoms with Crippen molar-refractivity contribution in [3.05, 3.63) is 48.0 Å². The second kappa shape index (κ2) is 5.36. The molecule has 2 aromatic heterocycles. The maximum Gasteiger partial charge on any atom is 0.340 e. The number of H-pyrrole nitrogens is 1. The van der Waals surface area contributed by atoms with Gasteiger partial charge in [-0.1, -0.05) is 0 Å². The molecule has 0 saturated carbocycles. The summed E-state index contributed by atoms with van der Waals surface area (Å²) in [5.74, 6) is -0.851. The van der Waals surface area contributed by atoms with Crippen molar-refractivity contribution in [3.8, 4) is 11.5 Å². The Morgan fingerprint density at radius 3 is 2.86 bits per heavy atom. The first-order valence-corrected chi connectivity index (χ1v) is 6.37. The number of nitrogens with two attached hydrogens (primary N) is 1. The molecule has 22 heavy (non-hydrogen) atoms. The van der Waals surface area contributed by atoms with Gasteiger partial charge in [-0.25, -0.2) is 14.2 Å². The highest BCUT2D eigenvalue weighted by Gasteiger charge is 2.18. The highest BCUT2D eigenvalue weighted by atomic mass is 19.1. The molecule has 0 saturated heterocycles.